The van der Waals surface area contributed by atoms with E-state index in [1.54, 1.807) is 18.4 Å². The Morgan fingerprint density at radius 3 is 2.64 bits per heavy atom. The number of nitrogens with one attached hydrogen (secondary N) is 2. The molecule has 0 fully saturated rings. The van der Waals surface area contributed by atoms with E-state index < -0.39 is 0 Å². The van der Waals surface area contributed by atoms with Crippen LogP contribution in [-0.4, -0.2) is 37.7 Å². The van der Waals surface area contributed by atoms with Crippen molar-refractivity contribution in [3.05, 3.63) is 45.9 Å². The number of hydrogen-bond donors (Lipinski definition) is 2. The summed E-state index contributed by atoms with van der Waals surface area (Å²) >= 11 is 1.79. The highest BCUT2D eigenvalue weighted by Gasteiger charge is 2.02. The predicted octanol–water partition coefficient (Wildman–Crippen LogP) is 3.19. The molecule has 5 nitrogen and oxygen atoms in total. The molecule has 6 heteroatoms. The monoisotopic (exact) mass is 360 g/mol. The number of guanidine groups is 1. The number of thiazole rings is 1. The smallest absolute Gasteiger partial charge is 0.190 e. The lowest BCUT2D eigenvalue weighted by Crippen LogP contribution is -2.39. The van der Waals surface area contributed by atoms with Crippen molar-refractivity contribution >= 4 is 17.3 Å². The average Bonchev–Trinajstić information content (AvgIpc) is 3.09. The number of aromatic nitrogens is 1. The summed E-state index contributed by atoms with van der Waals surface area (Å²) in [7, 11) is 1.79. The number of aliphatic imine (C=N–C) groups is 1. The number of ether oxygens (including phenoxy) is 1. The van der Waals surface area contributed by atoms with Crippen molar-refractivity contribution in [3.63, 3.8) is 0 Å². The van der Waals surface area contributed by atoms with E-state index in [9.17, 15) is 0 Å². The van der Waals surface area contributed by atoms with Gasteiger partial charge in [-0.3, -0.25) is 4.99 Å². The lowest BCUT2D eigenvalue weighted by molar-refractivity contribution is 0.311. The minimum absolute atomic E-state index is 0.686. The van der Waals surface area contributed by atoms with E-state index in [-0.39, 0.29) is 0 Å². The van der Waals surface area contributed by atoms with Gasteiger partial charge in [0.2, 0.25) is 0 Å². The van der Waals surface area contributed by atoms with Crippen molar-refractivity contribution in [2.24, 2.45) is 4.99 Å². The molecule has 136 valence electrons. The van der Waals surface area contributed by atoms with Crippen LogP contribution in [0.25, 0.3) is 0 Å². The van der Waals surface area contributed by atoms with Gasteiger partial charge < -0.3 is 15.4 Å². The van der Waals surface area contributed by atoms with Gasteiger partial charge in [-0.2, -0.15) is 0 Å². The number of aryl methyl sites for hydroxylation is 2. The average molecular weight is 361 g/mol. The highest BCUT2D eigenvalue weighted by molar-refractivity contribution is 7.11. The molecular formula is C19H28N4OS. The molecule has 0 aliphatic rings. The number of benzene rings is 1. The van der Waals surface area contributed by atoms with Gasteiger partial charge in [0.1, 0.15) is 5.75 Å². The Hall–Kier alpha value is -2.08. The molecule has 0 radical (unpaired) electrons. The van der Waals surface area contributed by atoms with E-state index in [1.165, 1.54) is 15.4 Å². The fourth-order valence-corrected chi connectivity index (χ4v) is 3.10. The molecule has 1 aromatic heterocycles. The molecule has 0 saturated carbocycles. The fraction of sp³-hybridized carbons (Fsp3) is 0.474. The van der Waals surface area contributed by atoms with Gasteiger partial charge >= 0.3 is 0 Å². The highest BCUT2D eigenvalue weighted by Crippen LogP contribution is 2.13. The van der Waals surface area contributed by atoms with Crippen LogP contribution in [0.5, 0.6) is 5.75 Å². The molecule has 0 spiro atoms. The van der Waals surface area contributed by atoms with Crippen LogP contribution in [0.15, 0.2) is 35.5 Å². The lowest BCUT2D eigenvalue weighted by atomic mass is 10.2. The zero-order chi connectivity index (χ0) is 17.9. The van der Waals surface area contributed by atoms with Crippen LogP contribution in [0.2, 0.25) is 0 Å². The van der Waals surface area contributed by atoms with Gasteiger partial charge in [0, 0.05) is 37.6 Å². The Labute approximate surface area is 154 Å². The van der Waals surface area contributed by atoms with Gasteiger partial charge in [0.05, 0.1) is 11.6 Å². The zero-order valence-corrected chi connectivity index (χ0v) is 16.2. The molecule has 1 aromatic carbocycles. The molecule has 1 heterocycles. The molecule has 0 amide bonds. The van der Waals surface area contributed by atoms with Crippen molar-refractivity contribution in [2.75, 3.05) is 26.7 Å². The lowest BCUT2D eigenvalue weighted by Gasteiger charge is -2.12. The van der Waals surface area contributed by atoms with Crippen molar-refractivity contribution in [2.45, 2.75) is 33.1 Å². The van der Waals surface area contributed by atoms with Gasteiger partial charge in [0.15, 0.2) is 5.96 Å². The molecule has 2 aromatic rings. The van der Waals surface area contributed by atoms with Crippen molar-refractivity contribution in [1.82, 2.24) is 15.6 Å². The van der Waals surface area contributed by atoms with Gasteiger partial charge in [-0.05, 0) is 31.9 Å². The first-order chi connectivity index (χ1) is 12.2. The Morgan fingerprint density at radius 1 is 1.20 bits per heavy atom. The van der Waals surface area contributed by atoms with Crippen LogP contribution >= 0.6 is 11.3 Å². The predicted molar refractivity (Wildman–Crippen MR) is 106 cm³/mol. The minimum Gasteiger partial charge on any atom is -0.494 e. The topological polar surface area (TPSA) is 58.5 Å². The van der Waals surface area contributed by atoms with E-state index in [2.05, 4.69) is 46.6 Å². The maximum Gasteiger partial charge on any atom is 0.190 e. The second kappa shape index (κ2) is 10.7. The van der Waals surface area contributed by atoms with Crippen LogP contribution in [-0.2, 0) is 12.8 Å². The normalized spacial score (nSPS) is 11.4. The second-order valence-corrected chi connectivity index (χ2v) is 6.96. The van der Waals surface area contributed by atoms with E-state index in [0.29, 0.717) is 6.61 Å². The summed E-state index contributed by atoms with van der Waals surface area (Å²) in [5.41, 5.74) is 1.24. The molecule has 0 aliphatic heterocycles. The van der Waals surface area contributed by atoms with Gasteiger partial charge in [-0.25, -0.2) is 4.98 Å². The Kier molecular flexibility index (Phi) is 8.25. The summed E-state index contributed by atoms with van der Waals surface area (Å²) in [4.78, 5) is 10.0. The van der Waals surface area contributed by atoms with E-state index in [1.807, 2.05) is 18.3 Å². The number of hydrogen-bond acceptors (Lipinski definition) is 4. The summed E-state index contributed by atoms with van der Waals surface area (Å²) in [6, 6.07) is 8.13. The third-order valence-electron chi connectivity index (χ3n) is 3.71. The Balaban J connectivity index is 1.57. The first-order valence-corrected chi connectivity index (χ1v) is 9.60. The van der Waals surface area contributed by atoms with Crippen LogP contribution < -0.4 is 15.4 Å². The molecule has 0 saturated heterocycles. The molecule has 2 rings (SSSR count). The van der Waals surface area contributed by atoms with Crippen molar-refractivity contribution in [1.29, 1.82) is 0 Å². The largest absolute Gasteiger partial charge is 0.494 e. The molecule has 0 aliphatic carbocycles. The number of nitrogens with zero attached hydrogens (tertiary/aromatic N) is 2. The van der Waals surface area contributed by atoms with E-state index in [4.69, 9.17) is 4.74 Å². The van der Waals surface area contributed by atoms with Gasteiger partial charge in [-0.1, -0.05) is 24.6 Å². The highest BCUT2D eigenvalue weighted by atomic mass is 32.1. The quantitative estimate of drug-likeness (QED) is 0.410. The maximum absolute atomic E-state index is 5.72. The van der Waals surface area contributed by atoms with Crippen LogP contribution in [0.4, 0.5) is 0 Å². The first kappa shape index (κ1) is 19.2. The summed E-state index contributed by atoms with van der Waals surface area (Å²) in [5.74, 6) is 1.74. The zero-order valence-electron chi connectivity index (χ0n) is 15.3. The van der Waals surface area contributed by atoms with Gasteiger partial charge in [0.25, 0.3) is 0 Å². The minimum atomic E-state index is 0.686. The van der Waals surface area contributed by atoms with Crippen LogP contribution in [0, 0.1) is 6.92 Å². The van der Waals surface area contributed by atoms with Gasteiger partial charge in [-0.15, -0.1) is 11.3 Å². The molecule has 2 N–H and O–H groups in total. The fourth-order valence-electron chi connectivity index (χ4n) is 2.24. The Morgan fingerprint density at radius 2 is 1.96 bits per heavy atom. The number of rotatable bonds is 9. The van der Waals surface area contributed by atoms with Crippen LogP contribution in [0.1, 0.15) is 28.8 Å². The molecule has 25 heavy (non-hydrogen) atoms. The van der Waals surface area contributed by atoms with Crippen molar-refractivity contribution < 1.29 is 4.74 Å². The SMILES string of the molecule is CCc1cnc(CCNC(=NC)NCCCOc2ccc(C)cc2)s1. The summed E-state index contributed by atoms with van der Waals surface area (Å²) in [5, 5.41) is 7.81. The summed E-state index contributed by atoms with van der Waals surface area (Å²) in [6.45, 7) is 6.57. The summed E-state index contributed by atoms with van der Waals surface area (Å²) < 4.78 is 5.72. The van der Waals surface area contributed by atoms with E-state index >= 15 is 0 Å². The van der Waals surface area contributed by atoms with Crippen molar-refractivity contribution in [3.8, 4) is 5.75 Å². The maximum atomic E-state index is 5.72. The molecular weight excluding hydrogens is 332 g/mol. The van der Waals surface area contributed by atoms with Crippen LogP contribution in [0.3, 0.4) is 0 Å². The molecule has 0 atom stereocenters. The Bertz CT molecular complexity index is 652. The molecule has 0 bridgehead atoms. The first-order valence-electron chi connectivity index (χ1n) is 8.79. The second-order valence-electron chi connectivity index (χ2n) is 5.76. The van der Waals surface area contributed by atoms with E-state index in [0.717, 1.165) is 44.1 Å². The third kappa shape index (κ3) is 7.13. The summed E-state index contributed by atoms with van der Waals surface area (Å²) in [6.07, 6.45) is 4.86. The third-order valence-corrected chi connectivity index (χ3v) is 4.91. The molecule has 0 unspecified atom stereocenters. The standard InChI is InChI=1S/C19H28N4OS/c1-4-17-14-23-18(25-17)10-12-22-19(20-3)21-11-5-13-24-16-8-6-15(2)7-9-16/h6-9,14H,4-5,10-13H2,1-3H3,(H2,20,21,22).